The molecular formula is C17H27N3. The van der Waals surface area contributed by atoms with E-state index >= 15 is 0 Å². The van der Waals surface area contributed by atoms with Crippen LogP contribution in [-0.2, 0) is 6.54 Å². The molecule has 1 aliphatic carbocycles. The molecule has 0 amide bonds. The molecule has 0 bridgehead atoms. The Labute approximate surface area is 122 Å². The van der Waals surface area contributed by atoms with Crippen LogP contribution in [0.3, 0.4) is 0 Å². The van der Waals surface area contributed by atoms with Gasteiger partial charge < -0.3 is 10.6 Å². The maximum absolute atomic E-state index is 4.50. The summed E-state index contributed by atoms with van der Waals surface area (Å²) in [6.45, 7) is 4.28. The smallest absolute Gasteiger partial charge is 0.0570 e. The minimum Gasteiger partial charge on any atom is -0.314 e. The first-order valence-corrected chi connectivity index (χ1v) is 8.22. The van der Waals surface area contributed by atoms with E-state index in [4.69, 9.17) is 0 Å². The lowest BCUT2D eigenvalue weighted by Gasteiger charge is -2.33. The Kier molecular flexibility index (Phi) is 4.69. The lowest BCUT2D eigenvalue weighted by Crippen LogP contribution is -2.46. The number of aryl methyl sites for hydroxylation is 1. The van der Waals surface area contributed by atoms with Crippen molar-refractivity contribution in [2.24, 2.45) is 5.92 Å². The fraction of sp³-hybridized carbons (Fsp3) is 0.706. The number of piperidine rings is 1. The number of hydrogen-bond donors (Lipinski definition) is 2. The average molecular weight is 273 g/mol. The van der Waals surface area contributed by atoms with E-state index in [1.165, 1.54) is 56.3 Å². The summed E-state index contributed by atoms with van der Waals surface area (Å²) < 4.78 is 0. The number of aromatic nitrogens is 1. The van der Waals surface area contributed by atoms with Crippen LogP contribution in [0.25, 0.3) is 0 Å². The quantitative estimate of drug-likeness (QED) is 0.886. The van der Waals surface area contributed by atoms with Gasteiger partial charge in [0.25, 0.3) is 0 Å². The topological polar surface area (TPSA) is 37.0 Å². The van der Waals surface area contributed by atoms with Crippen LogP contribution in [0.2, 0.25) is 0 Å². The zero-order valence-electron chi connectivity index (χ0n) is 12.6. The van der Waals surface area contributed by atoms with Gasteiger partial charge >= 0.3 is 0 Å². The third-order valence-electron chi connectivity index (χ3n) is 5.08. The van der Waals surface area contributed by atoms with Gasteiger partial charge in [0.2, 0.25) is 0 Å². The molecule has 2 fully saturated rings. The highest BCUT2D eigenvalue weighted by atomic mass is 15.0. The highest BCUT2D eigenvalue weighted by Gasteiger charge is 2.33. The van der Waals surface area contributed by atoms with E-state index in [9.17, 15) is 0 Å². The third kappa shape index (κ3) is 3.21. The fourth-order valence-corrected chi connectivity index (χ4v) is 3.90. The standard InChI is InChI=1S/C17H27N3/c1-13-6-5-11-19-17(13)12-20-16-9-4-7-14(16)15-8-2-3-10-18-15/h5-6,11,14-16,18,20H,2-4,7-10,12H2,1H3. The van der Waals surface area contributed by atoms with Gasteiger partial charge in [-0.05, 0) is 56.7 Å². The second-order valence-corrected chi connectivity index (χ2v) is 6.41. The Morgan fingerprint density at radius 1 is 1.25 bits per heavy atom. The first-order chi connectivity index (χ1) is 9.84. The molecule has 20 heavy (non-hydrogen) atoms. The Hall–Kier alpha value is -0.930. The van der Waals surface area contributed by atoms with Gasteiger partial charge in [0, 0.05) is 24.8 Å². The zero-order valence-corrected chi connectivity index (χ0v) is 12.6. The molecule has 1 saturated heterocycles. The molecule has 1 aliphatic heterocycles. The molecule has 1 aromatic rings. The highest BCUT2D eigenvalue weighted by molar-refractivity contribution is 5.17. The zero-order chi connectivity index (χ0) is 13.8. The monoisotopic (exact) mass is 273 g/mol. The second-order valence-electron chi connectivity index (χ2n) is 6.41. The van der Waals surface area contributed by atoms with Crippen LogP contribution in [0.15, 0.2) is 18.3 Å². The van der Waals surface area contributed by atoms with Crippen LogP contribution >= 0.6 is 0 Å². The van der Waals surface area contributed by atoms with Gasteiger partial charge in [-0.15, -0.1) is 0 Å². The van der Waals surface area contributed by atoms with Crippen LogP contribution in [0, 0.1) is 12.8 Å². The van der Waals surface area contributed by atoms with Gasteiger partial charge in [0.05, 0.1) is 5.69 Å². The number of nitrogens with one attached hydrogen (secondary N) is 2. The van der Waals surface area contributed by atoms with Crippen molar-refractivity contribution in [3.05, 3.63) is 29.6 Å². The molecule has 3 heteroatoms. The predicted molar refractivity (Wildman–Crippen MR) is 82.6 cm³/mol. The minimum atomic E-state index is 0.673. The van der Waals surface area contributed by atoms with E-state index in [0.717, 1.165) is 18.5 Å². The van der Waals surface area contributed by atoms with Gasteiger partial charge in [0.1, 0.15) is 0 Å². The lowest BCUT2D eigenvalue weighted by molar-refractivity contribution is 0.256. The van der Waals surface area contributed by atoms with E-state index in [2.05, 4.69) is 28.6 Å². The summed E-state index contributed by atoms with van der Waals surface area (Å²) in [6.07, 6.45) is 10.1. The minimum absolute atomic E-state index is 0.673. The molecule has 3 rings (SSSR count). The Morgan fingerprint density at radius 2 is 2.20 bits per heavy atom. The molecule has 1 aromatic heterocycles. The molecule has 3 nitrogen and oxygen atoms in total. The largest absolute Gasteiger partial charge is 0.314 e. The van der Waals surface area contributed by atoms with Crippen molar-refractivity contribution in [2.45, 2.75) is 64.1 Å². The van der Waals surface area contributed by atoms with Crippen LogP contribution in [0.5, 0.6) is 0 Å². The van der Waals surface area contributed by atoms with Gasteiger partial charge in [0.15, 0.2) is 0 Å². The summed E-state index contributed by atoms with van der Waals surface area (Å²) >= 11 is 0. The van der Waals surface area contributed by atoms with Gasteiger partial charge in [-0.2, -0.15) is 0 Å². The molecule has 2 aliphatic rings. The summed E-state index contributed by atoms with van der Waals surface area (Å²) in [5.74, 6) is 0.819. The van der Waals surface area contributed by atoms with Crippen LogP contribution in [0.1, 0.15) is 49.8 Å². The summed E-state index contributed by atoms with van der Waals surface area (Å²) in [5, 5.41) is 7.53. The number of nitrogens with zero attached hydrogens (tertiary/aromatic N) is 1. The molecule has 2 heterocycles. The highest BCUT2D eigenvalue weighted by Crippen LogP contribution is 2.31. The van der Waals surface area contributed by atoms with E-state index in [-0.39, 0.29) is 0 Å². The van der Waals surface area contributed by atoms with Crippen molar-refractivity contribution < 1.29 is 0 Å². The first-order valence-electron chi connectivity index (χ1n) is 8.22. The van der Waals surface area contributed by atoms with E-state index in [1.807, 2.05) is 12.3 Å². The molecule has 2 N–H and O–H groups in total. The van der Waals surface area contributed by atoms with Crippen molar-refractivity contribution in [3.63, 3.8) is 0 Å². The maximum atomic E-state index is 4.50. The molecule has 110 valence electrons. The van der Waals surface area contributed by atoms with Gasteiger partial charge in [-0.3, -0.25) is 4.98 Å². The molecular weight excluding hydrogens is 246 g/mol. The Balaban J connectivity index is 1.57. The normalized spacial score (nSPS) is 30.6. The fourth-order valence-electron chi connectivity index (χ4n) is 3.90. The van der Waals surface area contributed by atoms with Crippen LogP contribution < -0.4 is 10.6 Å². The molecule has 3 unspecified atom stereocenters. The molecule has 3 atom stereocenters. The van der Waals surface area contributed by atoms with E-state index in [1.54, 1.807) is 0 Å². The number of hydrogen-bond acceptors (Lipinski definition) is 3. The van der Waals surface area contributed by atoms with Crippen molar-refractivity contribution in [1.29, 1.82) is 0 Å². The summed E-state index contributed by atoms with van der Waals surface area (Å²) in [7, 11) is 0. The van der Waals surface area contributed by atoms with Gasteiger partial charge in [-0.1, -0.05) is 18.9 Å². The summed E-state index contributed by atoms with van der Waals surface area (Å²) in [4.78, 5) is 4.50. The van der Waals surface area contributed by atoms with Crippen LogP contribution in [-0.4, -0.2) is 23.6 Å². The van der Waals surface area contributed by atoms with Crippen molar-refractivity contribution in [2.75, 3.05) is 6.54 Å². The number of pyridine rings is 1. The lowest BCUT2D eigenvalue weighted by atomic mass is 9.88. The summed E-state index contributed by atoms with van der Waals surface area (Å²) in [5.41, 5.74) is 2.50. The van der Waals surface area contributed by atoms with Crippen molar-refractivity contribution in [1.82, 2.24) is 15.6 Å². The molecule has 1 saturated carbocycles. The van der Waals surface area contributed by atoms with Crippen LogP contribution in [0.4, 0.5) is 0 Å². The first kappa shape index (κ1) is 14.0. The molecule has 0 spiro atoms. The molecule has 0 radical (unpaired) electrons. The Morgan fingerprint density at radius 3 is 3.00 bits per heavy atom. The Bertz CT molecular complexity index is 426. The van der Waals surface area contributed by atoms with Gasteiger partial charge in [-0.25, -0.2) is 0 Å². The van der Waals surface area contributed by atoms with E-state index < -0.39 is 0 Å². The predicted octanol–water partition coefficient (Wildman–Crippen LogP) is 2.79. The second kappa shape index (κ2) is 6.68. The average Bonchev–Trinajstić information content (AvgIpc) is 2.96. The third-order valence-corrected chi connectivity index (χ3v) is 5.08. The SMILES string of the molecule is Cc1cccnc1CNC1CCCC1C1CCCCN1. The molecule has 0 aromatic carbocycles. The maximum Gasteiger partial charge on any atom is 0.0570 e. The van der Waals surface area contributed by atoms with Crippen molar-refractivity contribution >= 4 is 0 Å². The van der Waals surface area contributed by atoms with E-state index in [0.29, 0.717) is 6.04 Å². The summed E-state index contributed by atoms with van der Waals surface area (Å²) in [6, 6.07) is 5.59. The van der Waals surface area contributed by atoms with Crippen molar-refractivity contribution in [3.8, 4) is 0 Å². The number of rotatable bonds is 4.